The van der Waals surface area contributed by atoms with Crippen molar-refractivity contribution < 1.29 is 22.7 Å². The van der Waals surface area contributed by atoms with Gasteiger partial charge >= 0.3 is 6.09 Å². The lowest BCUT2D eigenvalue weighted by atomic mass is 9.98. The molecule has 3 rings (SSSR count). The molecule has 28 heavy (non-hydrogen) atoms. The molecule has 2 aliphatic rings. The van der Waals surface area contributed by atoms with Crippen LogP contribution in [0, 0.1) is 12.8 Å². The fraction of sp³-hybridized carbons (Fsp3) is 0.667. The molecule has 0 aromatic carbocycles. The second-order valence-electron chi connectivity index (χ2n) is 7.08. The van der Waals surface area contributed by atoms with Crippen LogP contribution in [0.5, 0.6) is 0 Å². The minimum Gasteiger partial charge on any atom is -0.450 e. The Morgan fingerprint density at radius 1 is 1.14 bits per heavy atom. The van der Waals surface area contributed by atoms with Crippen molar-refractivity contribution in [3.05, 3.63) is 17.0 Å². The first-order valence-corrected chi connectivity index (χ1v) is 11.9. The third-order valence-electron chi connectivity index (χ3n) is 5.16. The van der Waals surface area contributed by atoms with E-state index in [0.29, 0.717) is 56.4 Å². The Morgan fingerprint density at radius 3 is 2.43 bits per heavy atom. The third kappa shape index (κ3) is 4.49. The van der Waals surface area contributed by atoms with E-state index in [0.717, 1.165) is 4.88 Å². The highest BCUT2D eigenvalue weighted by Crippen LogP contribution is 2.29. The van der Waals surface area contributed by atoms with Crippen LogP contribution in [0.2, 0.25) is 0 Å². The molecule has 1 unspecified atom stereocenters. The van der Waals surface area contributed by atoms with E-state index in [9.17, 15) is 18.0 Å². The number of hydrogen-bond acceptors (Lipinski definition) is 6. The van der Waals surface area contributed by atoms with Gasteiger partial charge in [-0.25, -0.2) is 13.2 Å². The summed E-state index contributed by atoms with van der Waals surface area (Å²) < 4.78 is 32.5. The van der Waals surface area contributed by atoms with E-state index in [2.05, 4.69) is 0 Å². The first-order valence-electron chi connectivity index (χ1n) is 9.60. The zero-order valence-corrected chi connectivity index (χ0v) is 17.9. The monoisotopic (exact) mass is 429 g/mol. The molecule has 2 fully saturated rings. The topological polar surface area (TPSA) is 87.2 Å². The zero-order valence-electron chi connectivity index (χ0n) is 16.3. The molecule has 2 aliphatic heterocycles. The lowest BCUT2D eigenvalue weighted by Gasteiger charge is -2.38. The first kappa shape index (κ1) is 21.1. The lowest BCUT2D eigenvalue weighted by molar-refractivity contribution is -0.138. The fourth-order valence-electron chi connectivity index (χ4n) is 3.62. The van der Waals surface area contributed by atoms with Crippen molar-refractivity contribution in [1.29, 1.82) is 0 Å². The molecule has 2 amide bonds. The van der Waals surface area contributed by atoms with Crippen molar-refractivity contribution in [3.63, 3.8) is 0 Å². The maximum Gasteiger partial charge on any atom is 0.409 e. The van der Waals surface area contributed by atoms with E-state index in [1.54, 1.807) is 28.9 Å². The first-order chi connectivity index (χ1) is 13.3. The van der Waals surface area contributed by atoms with Crippen molar-refractivity contribution in [2.75, 3.05) is 45.9 Å². The molecule has 0 bridgehead atoms. The van der Waals surface area contributed by atoms with Gasteiger partial charge in [-0.15, -0.1) is 11.3 Å². The predicted octanol–water partition coefficient (Wildman–Crippen LogP) is 1.76. The molecule has 8 nitrogen and oxygen atoms in total. The van der Waals surface area contributed by atoms with Gasteiger partial charge in [0.1, 0.15) is 4.21 Å². The van der Waals surface area contributed by atoms with Crippen LogP contribution in [0.25, 0.3) is 0 Å². The van der Waals surface area contributed by atoms with Gasteiger partial charge in [0.25, 0.3) is 10.0 Å². The molecule has 1 aromatic rings. The second-order valence-corrected chi connectivity index (χ2v) is 10.5. The predicted molar refractivity (Wildman–Crippen MR) is 106 cm³/mol. The summed E-state index contributed by atoms with van der Waals surface area (Å²) in [6.07, 6.45) is 1.01. The Hall–Kier alpha value is -1.65. The molecular formula is C18H27N3O5S2. The largest absolute Gasteiger partial charge is 0.450 e. The molecule has 0 saturated carbocycles. The molecule has 3 heterocycles. The molecule has 0 spiro atoms. The molecule has 2 saturated heterocycles. The second kappa shape index (κ2) is 8.79. The van der Waals surface area contributed by atoms with E-state index >= 15 is 0 Å². The van der Waals surface area contributed by atoms with Gasteiger partial charge in [0.2, 0.25) is 5.91 Å². The molecular weight excluding hydrogens is 402 g/mol. The Balaban J connectivity index is 1.60. The van der Waals surface area contributed by atoms with E-state index in [-0.39, 0.29) is 24.5 Å². The highest BCUT2D eigenvalue weighted by atomic mass is 32.2. The molecule has 0 radical (unpaired) electrons. The normalized spacial score (nSPS) is 21.6. The summed E-state index contributed by atoms with van der Waals surface area (Å²) in [7, 11) is -3.55. The average Bonchev–Trinajstić information content (AvgIpc) is 3.15. The van der Waals surface area contributed by atoms with Crippen molar-refractivity contribution in [1.82, 2.24) is 14.1 Å². The van der Waals surface area contributed by atoms with Gasteiger partial charge in [-0.3, -0.25) is 4.79 Å². The summed E-state index contributed by atoms with van der Waals surface area (Å²) in [4.78, 5) is 29.0. The summed E-state index contributed by atoms with van der Waals surface area (Å²) >= 11 is 1.26. The maximum atomic E-state index is 12.9. The number of sulfonamides is 1. The van der Waals surface area contributed by atoms with Crippen molar-refractivity contribution in [2.45, 2.75) is 30.9 Å². The van der Waals surface area contributed by atoms with Gasteiger partial charge in [0.15, 0.2) is 0 Å². The van der Waals surface area contributed by atoms with Crippen LogP contribution >= 0.6 is 11.3 Å². The SMILES string of the molecule is CCOC(=O)N1CCN(C(=O)C2CCCN(S(=O)(=O)c3ccc(C)s3)C2)CC1. The minimum atomic E-state index is -3.55. The highest BCUT2D eigenvalue weighted by Gasteiger charge is 2.36. The number of piperidine rings is 1. The summed E-state index contributed by atoms with van der Waals surface area (Å²) in [5.41, 5.74) is 0. The molecule has 10 heteroatoms. The van der Waals surface area contributed by atoms with Crippen molar-refractivity contribution in [2.24, 2.45) is 5.92 Å². The van der Waals surface area contributed by atoms with Crippen LogP contribution < -0.4 is 0 Å². The number of carbonyl (C=O) groups excluding carboxylic acids is 2. The number of ether oxygens (including phenoxy) is 1. The minimum absolute atomic E-state index is 0.0224. The number of rotatable bonds is 4. The molecule has 0 N–H and O–H groups in total. The van der Waals surface area contributed by atoms with Gasteiger partial charge in [-0.2, -0.15) is 4.31 Å². The Bertz CT molecular complexity index is 815. The van der Waals surface area contributed by atoms with E-state index in [1.807, 2.05) is 6.92 Å². The highest BCUT2D eigenvalue weighted by molar-refractivity contribution is 7.91. The van der Waals surface area contributed by atoms with Crippen LogP contribution in [-0.4, -0.2) is 80.4 Å². The smallest absolute Gasteiger partial charge is 0.409 e. The molecule has 1 atom stereocenters. The summed E-state index contributed by atoms with van der Waals surface area (Å²) in [6.45, 7) is 6.40. The Morgan fingerprint density at radius 2 is 1.82 bits per heavy atom. The van der Waals surface area contributed by atoms with Crippen molar-refractivity contribution in [3.8, 4) is 0 Å². The van der Waals surface area contributed by atoms with Crippen LogP contribution in [-0.2, 0) is 19.6 Å². The lowest BCUT2D eigenvalue weighted by Crippen LogP contribution is -2.54. The number of thiophene rings is 1. The molecule has 156 valence electrons. The summed E-state index contributed by atoms with van der Waals surface area (Å²) in [5.74, 6) is -0.357. The van der Waals surface area contributed by atoms with Gasteiger partial charge in [0.05, 0.1) is 12.5 Å². The van der Waals surface area contributed by atoms with E-state index in [1.165, 1.54) is 15.6 Å². The quantitative estimate of drug-likeness (QED) is 0.728. The van der Waals surface area contributed by atoms with E-state index in [4.69, 9.17) is 4.74 Å². The van der Waals surface area contributed by atoms with Crippen LogP contribution in [0.4, 0.5) is 4.79 Å². The number of piperazine rings is 1. The standard InChI is InChI=1S/C18H27N3O5S2/c1-3-26-18(23)20-11-9-19(10-12-20)17(22)15-5-4-8-21(13-15)28(24,25)16-7-6-14(2)27-16/h6-7,15H,3-5,8-13H2,1-2H3. The zero-order chi connectivity index (χ0) is 20.3. The van der Waals surface area contributed by atoms with Crippen molar-refractivity contribution >= 4 is 33.4 Å². The number of hydrogen-bond donors (Lipinski definition) is 0. The molecule has 1 aromatic heterocycles. The number of carbonyl (C=O) groups is 2. The van der Waals surface area contributed by atoms with Gasteiger partial charge in [-0.05, 0) is 38.8 Å². The van der Waals surface area contributed by atoms with Gasteiger partial charge in [-0.1, -0.05) is 0 Å². The van der Waals surface area contributed by atoms with Gasteiger partial charge < -0.3 is 14.5 Å². The Labute approximate surface area is 170 Å². The van der Waals surface area contributed by atoms with Gasteiger partial charge in [0, 0.05) is 44.1 Å². The van der Waals surface area contributed by atoms with Crippen LogP contribution in [0.15, 0.2) is 16.3 Å². The number of amides is 2. The third-order valence-corrected chi connectivity index (χ3v) is 8.49. The number of nitrogens with zero attached hydrogens (tertiary/aromatic N) is 3. The van der Waals surface area contributed by atoms with Crippen LogP contribution in [0.3, 0.4) is 0 Å². The maximum absolute atomic E-state index is 12.9. The molecule has 0 aliphatic carbocycles. The Kier molecular flexibility index (Phi) is 6.61. The average molecular weight is 430 g/mol. The van der Waals surface area contributed by atoms with E-state index < -0.39 is 10.0 Å². The fourth-order valence-corrected chi connectivity index (χ4v) is 6.58. The number of aryl methyl sites for hydroxylation is 1. The summed E-state index contributed by atoms with van der Waals surface area (Å²) in [6, 6.07) is 3.43. The summed E-state index contributed by atoms with van der Waals surface area (Å²) in [5, 5.41) is 0. The van der Waals surface area contributed by atoms with Crippen LogP contribution in [0.1, 0.15) is 24.6 Å².